The minimum absolute atomic E-state index is 0.0728. The number of likely N-dealkylation sites (tertiary alicyclic amines) is 1. The Labute approximate surface area is 151 Å². The summed E-state index contributed by atoms with van der Waals surface area (Å²) >= 11 is 7.50. The second kappa shape index (κ2) is 7.21. The summed E-state index contributed by atoms with van der Waals surface area (Å²) in [6.45, 7) is 5.45. The monoisotopic (exact) mass is 363 g/mol. The van der Waals surface area contributed by atoms with Gasteiger partial charge in [-0.25, -0.2) is 4.98 Å². The lowest BCUT2D eigenvalue weighted by atomic mass is 9.92. The molecule has 0 unspecified atom stereocenters. The number of aromatic nitrogens is 1. The van der Waals surface area contributed by atoms with Crippen LogP contribution >= 0.6 is 22.9 Å². The van der Waals surface area contributed by atoms with Crippen molar-refractivity contribution in [1.82, 2.24) is 9.88 Å². The highest BCUT2D eigenvalue weighted by atomic mass is 35.5. The zero-order chi connectivity index (χ0) is 17.3. The Morgan fingerprint density at radius 3 is 3.00 bits per heavy atom. The van der Waals surface area contributed by atoms with E-state index in [0.29, 0.717) is 10.9 Å². The van der Waals surface area contributed by atoms with Gasteiger partial charge in [-0.15, -0.1) is 11.3 Å². The van der Waals surface area contributed by atoms with Gasteiger partial charge in [0.2, 0.25) is 0 Å². The molecule has 1 aliphatic heterocycles. The van der Waals surface area contributed by atoms with E-state index < -0.39 is 0 Å². The number of piperidine rings is 1. The van der Waals surface area contributed by atoms with E-state index in [9.17, 15) is 4.79 Å². The summed E-state index contributed by atoms with van der Waals surface area (Å²) in [6, 6.07) is 7.69. The Kier molecular flexibility index (Phi) is 5.23. The summed E-state index contributed by atoms with van der Waals surface area (Å²) in [7, 11) is 0. The fourth-order valence-corrected chi connectivity index (χ4v) is 4.33. The predicted molar refractivity (Wildman–Crippen MR) is 99.6 cm³/mol. The fourth-order valence-electron chi connectivity index (χ4n) is 3.11. The van der Waals surface area contributed by atoms with Crippen molar-refractivity contribution in [3.05, 3.63) is 39.9 Å². The van der Waals surface area contributed by atoms with Crippen LogP contribution in [0.1, 0.15) is 35.1 Å². The molecule has 0 aliphatic carbocycles. The molecule has 0 saturated carbocycles. The van der Waals surface area contributed by atoms with Crippen LogP contribution in [0, 0.1) is 12.8 Å². The van der Waals surface area contributed by atoms with Crippen LogP contribution in [0.15, 0.2) is 24.3 Å². The number of nitrogens with two attached hydrogens (primary N) is 1. The number of amides is 1. The standard InChI is InChI=1S/C18H22ClN3OS/c1-11(20)14-6-4-8-22(10-14)18(23)16-12(2)21-17(24-16)13-5-3-7-15(19)9-13/h3,5,7,9,11,14H,4,6,8,10,20H2,1-2H3/t11-,14-/m1/s1. The molecule has 4 nitrogen and oxygen atoms in total. The lowest BCUT2D eigenvalue weighted by Crippen LogP contribution is -2.45. The minimum Gasteiger partial charge on any atom is -0.338 e. The van der Waals surface area contributed by atoms with Crippen LogP contribution in [-0.2, 0) is 0 Å². The molecular weight excluding hydrogens is 342 g/mol. The zero-order valence-electron chi connectivity index (χ0n) is 14.0. The molecule has 2 heterocycles. The first-order valence-electron chi connectivity index (χ1n) is 8.24. The SMILES string of the molecule is Cc1nc(-c2cccc(Cl)c2)sc1C(=O)N1CCC[C@@H]([C@@H](C)N)C1. The topological polar surface area (TPSA) is 59.2 Å². The first kappa shape index (κ1) is 17.4. The largest absolute Gasteiger partial charge is 0.338 e. The van der Waals surface area contributed by atoms with Crippen molar-refractivity contribution in [2.75, 3.05) is 13.1 Å². The van der Waals surface area contributed by atoms with Crippen LogP contribution in [0.3, 0.4) is 0 Å². The lowest BCUT2D eigenvalue weighted by molar-refractivity contribution is 0.0665. The average Bonchev–Trinajstić information content (AvgIpc) is 2.96. The van der Waals surface area contributed by atoms with E-state index in [1.54, 1.807) is 0 Å². The molecule has 0 radical (unpaired) electrons. The van der Waals surface area contributed by atoms with E-state index in [2.05, 4.69) is 4.98 Å². The third kappa shape index (κ3) is 3.63. The second-order valence-corrected chi connectivity index (χ2v) is 7.89. The molecule has 1 amide bonds. The van der Waals surface area contributed by atoms with Crippen molar-refractivity contribution < 1.29 is 4.79 Å². The van der Waals surface area contributed by atoms with Crippen LogP contribution in [-0.4, -0.2) is 34.9 Å². The number of thiazole rings is 1. The van der Waals surface area contributed by atoms with Gasteiger partial charge in [-0.3, -0.25) is 4.79 Å². The molecule has 1 aromatic carbocycles. The van der Waals surface area contributed by atoms with Gasteiger partial charge in [0.05, 0.1) is 5.69 Å². The first-order valence-corrected chi connectivity index (χ1v) is 9.43. The van der Waals surface area contributed by atoms with E-state index in [4.69, 9.17) is 17.3 Å². The number of carbonyl (C=O) groups excluding carboxylic acids is 1. The number of hydrogen-bond donors (Lipinski definition) is 1. The maximum absolute atomic E-state index is 12.9. The van der Waals surface area contributed by atoms with E-state index in [-0.39, 0.29) is 11.9 Å². The van der Waals surface area contributed by atoms with Crippen LogP contribution < -0.4 is 5.73 Å². The van der Waals surface area contributed by atoms with Crippen LogP contribution in [0.5, 0.6) is 0 Å². The van der Waals surface area contributed by atoms with Gasteiger partial charge in [-0.05, 0) is 44.7 Å². The maximum Gasteiger partial charge on any atom is 0.265 e. The van der Waals surface area contributed by atoms with Crippen molar-refractivity contribution >= 4 is 28.8 Å². The molecule has 2 atom stereocenters. The summed E-state index contributed by atoms with van der Waals surface area (Å²) < 4.78 is 0. The van der Waals surface area contributed by atoms with E-state index in [0.717, 1.165) is 47.1 Å². The van der Waals surface area contributed by atoms with Crippen molar-refractivity contribution in [2.45, 2.75) is 32.7 Å². The molecule has 0 bridgehead atoms. The maximum atomic E-state index is 12.9. The van der Waals surface area contributed by atoms with E-state index >= 15 is 0 Å². The highest BCUT2D eigenvalue weighted by molar-refractivity contribution is 7.17. The van der Waals surface area contributed by atoms with Gasteiger partial charge in [0, 0.05) is 29.7 Å². The Bertz CT molecular complexity index is 744. The van der Waals surface area contributed by atoms with Gasteiger partial charge in [0.25, 0.3) is 5.91 Å². The number of hydrogen-bond acceptors (Lipinski definition) is 4. The Morgan fingerprint density at radius 1 is 1.50 bits per heavy atom. The normalized spacial score (nSPS) is 19.3. The van der Waals surface area contributed by atoms with Gasteiger partial charge < -0.3 is 10.6 Å². The Balaban J connectivity index is 1.83. The number of rotatable bonds is 3. The molecule has 1 fully saturated rings. The minimum atomic E-state index is 0.0728. The molecule has 1 saturated heterocycles. The quantitative estimate of drug-likeness (QED) is 0.897. The molecule has 1 aromatic heterocycles. The molecule has 2 N–H and O–H groups in total. The smallest absolute Gasteiger partial charge is 0.265 e. The highest BCUT2D eigenvalue weighted by Crippen LogP contribution is 2.31. The Morgan fingerprint density at radius 2 is 2.29 bits per heavy atom. The Hall–Kier alpha value is -1.43. The zero-order valence-corrected chi connectivity index (χ0v) is 15.5. The molecular formula is C18H22ClN3OS. The van der Waals surface area contributed by atoms with Gasteiger partial charge in [-0.2, -0.15) is 0 Å². The van der Waals surface area contributed by atoms with Crippen LogP contribution in [0.4, 0.5) is 0 Å². The molecule has 0 spiro atoms. The van der Waals surface area contributed by atoms with Crippen molar-refractivity contribution in [1.29, 1.82) is 0 Å². The van der Waals surface area contributed by atoms with Crippen LogP contribution in [0.25, 0.3) is 10.6 Å². The predicted octanol–water partition coefficient (Wildman–Crippen LogP) is 3.97. The third-order valence-electron chi connectivity index (χ3n) is 4.55. The number of aryl methyl sites for hydroxylation is 1. The highest BCUT2D eigenvalue weighted by Gasteiger charge is 2.28. The first-order chi connectivity index (χ1) is 11.5. The van der Waals surface area contributed by atoms with Crippen molar-refractivity contribution in [3.8, 4) is 10.6 Å². The lowest BCUT2D eigenvalue weighted by Gasteiger charge is -2.34. The molecule has 1 aliphatic rings. The van der Waals surface area contributed by atoms with Gasteiger partial charge >= 0.3 is 0 Å². The second-order valence-electron chi connectivity index (χ2n) is 6.46. The van der Waals surface area contributed by atoms with E-state index in [1.165, 1.54) is 11.3 Å². The summed E-state index contributed by atoms with van der Waals surface area (Å²) in [5.74, 6) is 0.451. The number of benzene rings is 1. The van der Waals surface area contributed by atoms with Gasteiger partial charge in [0.15, 0.2) is 0 Å². The molecule has 2 aromatic rings. The fraction of sp³-hybridized carbons (Fsp3) is 0.444. The molecule has 24 heavy (non-hydrogen) atoms. The number of carbonyl (C=O) groups is 1. The molecule has 3 rings (SSSR count). The third-order valence-corrected chi connectivity index (χ3v) is 5.98. The molecule has 6 heteroatoms. The van der Waals surface area contributed by atoms with Crippen molar-refractivity contribution in [3.63, 3.8) is 0 Å². The number of halogens is 1. The van der Waals surface area contributed by atoms with Gasteiger partial charge in [-0.1, -0.05) is 23.7 Å². The van der Waals surface area contributed by atoms with Gasteiger partial charge in [0.1, 0.15) is 9.88 Å². The van der Waals surface area contributed by atoms with E-state index in [1.807, 2.05) is 43.0 Å². The molecule has 128 valence electrons. The summed E-state index contributed by atoms with van der Waals surface area (Å²) in [5, 5.41) is 1.50. The summed E-state index contributed by atoms with van der Waals surface area (Å²) in [4.78, 5) is 20.2. The summed E-state index contributed by atoms with van der Waals surface area (Å²) in [5.41, 5.74) is 7.76. The number of nitrogens with zero attached hydrogens (tertiary/aromatic N) is 2. The van der Waals surface area contributed by atoms with Crippen molar-refractivity contribution in [2.24, 2.45) is 11.7 Å². The summed E-state index contributed by atoms with van der Waals surface area (Å²) in [6.07, 6.45) is 2.10. The van der Waals surface area contributed by atoms with Crippen LogP contribution in [0.2, 0.25) is 5.02 Å². The average molecular weight is 364 g/mol.